The van der Waals surface area contributed by atoms with Crippen LogP contribution in [-0.4, -0.2) is 9.97 Å². The van der Waals surface area contributed by atoms with Crippen molar-refractivity contribution in [2.24, 2.45) is 0 Å². The van der Waals surface area contributed by atoms with Gasteiger partial charge in [-0.05, 0) is 53.9 Å². The van der Waals surface area contributed by atoms with Gasteiger partial charge < -0.3 is 10.5 Å². The van der Waals surface area contributed by atoms with E-state index < -0.39 is 0 Å². The molecule has 4 nitrogen and oxygen atoms in total. The van der Waals surface area contributed by atoms with Gasteiger partial charge in [0.15, 0.2) is 0 Å². The number of anilines is 1. The predicted molar refractivity (Wildman–Crippen MR) is 82.4 cm³/mol. The van der Waals surface area contributed by atoms with Crippen molar-refractivity contribution in [1.82, 2.24) is 9.97 Å². The van der Waals surface area contributed by atoms with Crippen molar-refractivity contribution in [2.45, 2.75) is 25.7 Å². The minimum Gasteiger partial charge on any atom is -0.437 e. The Morgan fingerprint density at radius 1 is 1.35 bits per heavy atom. The maximum atomic E-state index is 5.94. The molecule has 1 saturated carbocycles. The molecule has 1 aromatic heterocycles. The minimum atomic E-state index is 0.425. The third-order valence-corrected chi connectivity index (χ3v) is 4.05. The maximum absolute atomic E-state index is 5.94. The second-order valence-electron chi connectivity index (χ2n) is 4.85. The van der Waals surface area contributed by atoms with E-state index in [2.05, 4.69) is 25.9 Å². The van der Waals surface area contributed by atoms with Crippen LogP contribution in [0.4, 0.5) is 5.82 Å². The zero-order valence-corrected chi connectivity index (χ0v) is 13.2. The van der Waals surface area contributed by atoms with Gasteiger partial charge in [-0.3, -0.25) is 0 Å². The first-order valence-electron chi connectivity index (χ1n) is 6.31. The van der Waals surface area contributed by atoms with Gasteiger partial charge in [0.2, 0.25) is 5.88 Å². The number of nitrogen functional groups attached to an aromatic ring is 1. The molecule has 0 atom stereocenters. The van der Waals surface area contributed by atoms with Crippen LogP contribution in [0.25, 0.3) is 0 Å². The second-order valence-corrected chi connectivity index (χ2v) is 6.14. The van der Waals surface area contributed by atoms with Crippen LogP contribution >= 0.6 is 27.5 Å². The highest BCUT2D eigenvalue weighted by Gasteiger charge is 2.28. The molecule has 1 aromatic carbocycles. The summed E-state index contributed by atoms with van der Waals surface area (Å²) in [6.07, 6.45) is 2.24. The van der Waals surface area contributed by atoms with Crippen LogP contribution in [-0.2, 0) is 0 Å². The lowest BCUT2D eigenvalue weighted by molar-refractivity contribution is 0.452. The number of nitrogens with zero attached hydrogens (tertiary/aromatic N) is 2. The topological polar surface area (TPSA) is 61.0 Å². The average molecular weight is 355 g/mol. The number of aromatic nitrogens is 2. The van der Waals surface area contributed by atoms with E-state index in [-0.39, 0.29) is 0 Å². The third-order valence-electron chi connectivity index (χ3n) is 3.20. The number of hydrogen-bond donors (Lipinski definition) is 1. The summed E-state index contributed by atoms with van der Waals surface area (Å²) < 4.78 is 6.63. The van der Waals surface area contributed by atoms with E-state index >= 15 is 0 Å². The molecule has 0 unspecified atom stereocenters. The Balaban J connectivity index is 1.97. The molecule has 2 aromatic rings. The summed E-state index contributed by atoms with van der Waals surface area (Å²) in [5.74, 6) is 2.82. The van der Waals surface area contributed by atoms with Crippen molar-refractivity contribution in [2.75, 3.05) is 5.73 Å². The fourth-order valence-corrected chi connectivity index (χ4v) is 2.58. The Labute approximate surface area is 130 Å². The van der Waals surface area contributed by atoms with Gasteiger partial charge in [0.05, 0.1) is 10.0 Å². The minimum absolute atomic E-state index is 0.425. The number of halogens is 2. The van der Waals surface area contributed by atoms with Crippen LogP contribution in [0.1, 0.15) is 30.1 Å². The zero-order chi connectivity index (χ0) is 14.3. The SMILES string of the molecule is Cc1c(N)nc(C2CC2)nc1Oc1ccc(Cl)cc1Br. The lowest BCUT2D eigenvalue weighted by Crippen LogP contribution is -2.04. The number of nitrogens with two attached hydrogens (primary N) is 1. The molecule has 1 heterocycles. The fourth-order valence-electron chi connectivity index (χ4n) is 1.82. The van der Waals surface area contributed by atoms with Crippen LogP contribution in [0.2, 0.25) is 5.02 Å². The smallest absolute Gasteiger partial charge is 0.227 e. The molecular weight excluding hydrogens is 342 g/mol. The molecule has 20 heavy (non-hydrogen) atoms. The van der Waals surface area contributed by atoms with Crippen molar-refractivity contribution in [3.63, 3.8) is 0 Å². The highest BCUT2D eigenvalue weighted by molar-refractivity contribution is 9.10. The monoisotopic (exact) mass is 353 g/mol. The third kappa shape index (κ3) is 2.74. The predicted octanol–water partition coefficient (Wildman–Crippen LogP) is 4.45. The molecule has 0 amide bonds. The highest BCUT2D eigenvalue weighted by Crippen LogP contribution is 2.40. The van der Waals surface area contributed by atoms with E-state index in [0.29, 0.717) is 28.4 Å². The van der Waals surface area contributed by atoms with Gasteiger partial charge in [0.1, 0.15) is 17.4 Å². The van der Waals surface area contributed by atoms with Crippen LogP contribution in [0, 0.1) is 6.92 Å². The summed E-state index contributed by atoms with van der Waals surface area (Å²) in [4.78, 5) is 8.81. The van der Waals surface area contributed by atoms with E-state index in [1.54, 1.807) is 18.2 Å². The first-order chi connectivity index (χ1) is 9.54. The number of rotatable bonds is 3. The summed E-state index contributed by atoms with van der Waals surface area (Å²) in [7, 11) is 0. The Morgan fingerprint density at radius 2 is 2.10 bits per heavy atom. The molecule has 0 aliphatic heterocycles. The standard InChI is InChI=1S/C14H13BrClN3O/c1-7-12(17)18-13(8-2-3-8)19-14(7)20-11-5-4-9(16)6-10(11)15/h4-6,8H,2-3H2,1H3,(H2,17,18,19). The first-order valence-corrected chi connectivity index (χ1v) is 7.48. The van der Waals surface area contributed by atoms with Crippen molar-refractivity contribution in [3.8, 4) is 11.6 Å². The molecule has 0 radical (unpaired) electrons. The average Bonchev–Trinajstić information content (AvgIpc) is 3.22. The molecular formula is C14H13BrClN3O. The fraction of sp³-hybridized carbons (Fsp3) is 0.286. The van der Waals surface area contributed by atoms with Crippen molar-refractivity contribution in [1.29, 1.82) is 0 Å². The van der Waals surface area contributed by atoms with Gasteiger partial charge in [-0.2, -0.15) is 4.98 Å². The molecule has 1 aliphatic carbocycles. The van der Waals surface area contributed by atoms with Gasteiger partial charge in [-0.1, -0.05) is 11.6 Å². The summed E-state index contributed by atoms with van der Waals surface area (Å²) >= 11 is 9.34. The van der Waals surface area contributed by atoms with E-state index in [9.17, 15) is 0 Å². The maximum Gasteiger partial charge on any atom is 0.227 e. The Morgan fingerprint density at radius 3 is 2.75 bits per heavy atom. The van der Waals surface area contributed by atoms with E-state index in [0.717, 1.165) is 28.7 Å². The molecule has 6 heteroatoms. The number of hydrogen-bond acceptors (Lipinski definition) is 4. The number of ether oxygens (including phenoxy) is 1. The first kappa shape index (κ1) is 13.6. The zero-order valence-electron chi connectivity index (χ0n) is 10.9. The summed E-state index contributed by atoms with van der Waals surface area (Å²) in [6, 6.07) is 5.34. The quantitative estimate of drug-likeness (QED) is 0.884. The Hall–Kier alpha value is -1.33. The largest absolute Gasteiger partial charge is 0.437 e. The van der Waals surface area contributed by atoms with Crippen LogP contribution in [0.5, 0.6) is 11.6 Å². The van der Waals surface area contributed by atoms with Gasteiger partial charge in [0.25, 0.3) is 0 Å². The molecule has 2 N–H and O–H groups in total. The molecule has 0 saturated heterocycles. The van der Waals surface area contributed by atoms with Crippen LogP contribution in [0.3, 0.4) is 0 Å². The molecule has 104 valence electrons. The molecule has 0 bridgehead atoms. The molecule has 0 spiro atoms. The van der Waals surface area contributed by atoms with Gasteiger partial charge in [-0.15, -0.1) is 0 Å². The van der Waals surface area contributed by atoms with Gasteiger partial charge in [-0.25, -0.2) is 4.98 Å². The highest BCUT2D eigenvalue weighted by atomic mass is 79.9. The lowest BCUT2D eigenvalue weighted by atomic mass is 10.3. The summed E-state index contributed by atoms with van der Waals surface area (Å²) in [6.45, 7) is 1.85. The van der Waals surface area contributed by atoms with Gasteiger partial charge >= 0.3 is 0 Å². The molecule has 1 fully saturated rings. The molecule has 3 rings (SSSR count). The lowest BCUT2D eigenvalue weighted by Gasteiger charge is -2.12. The van der Waals surface area contributed by atoms with Crippen molar-refractivity contribution < 1.29 is 4.74 Å². The van der Waals surface area contributed by atoms with Crippen LogP contribution < -0.4 is 10.5 Å². The number of benzene rings is 1. The van der Waals surface area contributed by atoms with E-state index in [4.69, 9.17) is 22.1 Å². The van der Waals surface area contributed by atoms with Crippen LogP contribution in [0.15, 0.2) is 22.7 Å². The second kappa shape index (κ2) is 5.22. The Kier molecular flexibility index (Phi) is 3.56. The summed E-state index contributed by atoms with van der Waals surface area (Å²) in [5.41, 5.74) is 6.69. The van der Waals surface area contributed by atoms with Crippen molar-refractivity contribution >= 4 is 33.3 Å². The van der Waals surface area contributed by atoms with E-state index in [1.807, 2.05) is 6.92 Å². The summed E-state index contributed by atoms with van der Waals surface area (Å²) in [5, 5.41) is 0.641. The molecule has 1 aliphatic rings. The normalized spacial score (nSPS) is 14.3. The van der Waals surface area contributed by atoms with E-state index in [1.165, 1.54) is 0 Å². The van der Waals surface area contributed by atoms with Crippen molar-refractivity contribution in [3.05, 3.63) is 39.1 Å². The Bertz CT molecular complexity index is 674. The van der Waals surface area contributed by atoms with Gasteiger partial charge in [0, 0.05) is 10.9 Å².